The van der Waals surface area contributed by atoms with Crippen molar-refractivity contribution in [3.63, 3.8) is 0 Å². The van der Waals surface area contributed by atoms with Crippen molar-refractivity contribution in [1.29, 1.82) is 0 Å². The number of nitrogens with zero attached hydrogens (tertiary/aromatic N) is 5. The van der Waals surface area contributed by atoms with E-state index in [1.807, 2.05) is 13.0 Å². The molecule has 1 aliphatic rings. The lowest BCUT2D eigenvalue weighted by molar-refractivity contribution is 0.170. The van der Waals surface area contributed by atoms with E-state index in [1.165, 1.54) is 12.1 Å². The van der Waals surface area contributed by atoms with Gasteiger partial charge in [0.1, 0.15) is 24.0 Å². The van der Waals surface area contributed by atoms with E-state index >= 15 is 0 Å². The van der Waals surface area contributed by atoms with E-state index in [2.05, 4.69) is 20.2 Å². The minimum Gasteiger partial charge on any atom is -0.490 e. The molecule has 3 heterocycles. The first-order chi connectivity index (χ1) is 11.7. The number of piperidine rings is 1. The molecule has 7 heteroatoms. The van der Waals surface area contributed by atoms with Gasteiger partial charge in [-0.15, -0.1) is 10.2 Å². The SMILES string of the molecule is Cc1cc(N2CCC(Oc3cccc(F)c3)CC2)c2nncn2n1. The monoisotopic (exact) mass is 327 g/mol. The Labute approximate surface area is 138 Å². The maximum absolute atomic E-state index is 13.3. The first-order valence-corrected chi connectivity index (χ1v) is 8.04. The number of halogens is 1. The van der Waals surface area contributed by atoms with Gasteiger partial charge in [-0.3, -0.25) is 0 Å². The molecule has 6 nitrogen and oxygen atoms in total. The molecule has 4 rings (SSSR count). The van der Waals surface area contributed by atoms with Gasteiger partial charge in [-0.05, 0) is 25.1 Å². The zero-order valence-corrected chi connectivity index (χ0v) is 13.4. The van der Waals surface area contributed by atoms with E-state index in [4.69, 9.17) is 4.74 Å². The molecule has 1 aromatic carbocycles. The molecule has 0 aliphatic carbocycles. The fraction of sp³-hybridized carbons (Fsp3) is 0.353. The van der Waals surface area contributed by atoms with Crippen molar-refractivity contribution >= 4 is 11.3 Å². The standard InChI is InChI=1S/C17H18FN5O/c1-12-9-16(17-20-19-11-23(17)21-12)22-7-5-14(6-8-22)24-15-4-2-3-13(18)10-15/h2-4,9-11,14H,5-8H2,1H3. The van der Waals surface area contributed by atoms with Gasteiger partial charge >= 0.3 is 0 Å². The Balaban J connectivity index is 1.46. The van der Waals surface area contributed by atoms with Crippen molar-refractivity contribution in [2.45, 2.75) is 25.9 Å². The van der Waals surface area contributed by atoms with E-state index in [-0.39, 0.29) is 11.9 Å². The van der Waals surface area contributed by atoms with Crippen LogP contribution in [0.4, 0.5) is 10.1 Å². The Morgan fingerprint density at radius 3 is 2.83 bits per heavy atom. The third-order valence-corrected chi connectivity index (χ3v) is 4.25. The van der Waals surface area contributed by atoms with Gasteiger partial charge in [0, 0.05) is 32.0 Å². The number of rotatable bonds is 3. The molecule has 0 N–H and O–H groups in total. The van der Waals surface area contributed by atoms with Crippen LogP contribution in [0.5, 0.6) is 5.75 Å². The van der Waals surface area contributed by atoms with Gasteiger partial charge in [0.05, 0.1) is 11.4 Å². The molecular weight excluding hydrogens is 309 g/mol. The van der Waals surface area contributed by atoms with Crippen molar-refractivity contribution in [3.05, 3.63) is 48.2 Å². The van der Waals surface area contributed by atoms with Crippen molar-refractivity contribution < 1.29 is 9.13 Å². The molecular formula is C17H18FN5O. The second kappa shape index (κ2) is 6.07. The van der Waals surface area contributed by atoms with Gasteiger partial charge in [-0.1, -0.05) is 6.07 Å². The zero-order chi connectivity index (χ0) is 16.5. The summed E-state index contributed by atoms with van der Waals surface area (Å²) >= 11 is 0. The molecule has 1 saturated heterocycles. The average Bonchev–Trinajstić information content (AvgIpc) is 3.03. The highest BCUT2D eigenvalue weighted by Gasteiger charge is 2.23. The second-order valence-electron chi connectivity index (χ2n) is 6.03. The molecule has 2 aromatic heterocycles. The molecule has 0 bridgehead atoms. The van der Waals surface area contributed by atoms with E-state index in [9.17, 15) is 4.39 Å². The van der Waals surface area contributed by atoms with Crippen LogP contribution in [0.25, 0.3) is 5.65 Å². The topological polar surface area (TPSA) is 55.5 Å². The van der Waals surface area contributed by atoms with Crippen LogP contribution in [0.1, 0.15) is 18.5 Å². The van der Waals surface area contributed by atoms with Gasteiger partial charge in [0.25, 0.3) is 0 Å². The van der Waals surface area contributed by atoms with Crippen LogP contribution in [-0.4, -0.2) is 39.0 Å². The highest BCUT2D eigenvalue weighted by Crippen LogP contribution is 2.26. The largest absolute Gasteiger partial charge is 0.490 e. The highest BCUT2D eigenvalue weighted by molar-refractivity contribution is 5.68. The van der Waals surface area contributed by atoms with Crippen LogP contribution in [0.15, 0.2) is 36.7 Å². The van der Waals surface area contributed by atoms with E-state index in [0.29, 0.717) is 5.75 Å². The van der Waals surface area contributed by atoms with Crippen molar-refractivity contribution in [1.82, 2.24) is 19.8 Å². The number of hydrogen-bond donors (Lipinski definition) is 0. The summed E-state index contributed by atoms with van der Waals surface area (Å²) in [6.45, 7) is 3.67. The quantitative estimate of drug-likeness (QED) is 0.740. The van der Waals surface area contributed by atoms with Crippen LogP contribution >= 0.6 is 0 Å². The van der Waals surface area contributed by atoms with Gasteiger partial charge in [-0.25, -0.2) is 4.39 Å². The molecule has 3 aromatic rings. The maximum Gasteiger partial charge on any atom is 0.200 e. The minimum absolute atomic E-state index is 0.0971. The van der Waals surface area contributed by atoms with Crippen molar-refractivity contribution in [2.75, 3.05) is 18.0 Å². The lowest BCUT2D eigenvalue weighted by atomic mass is 10.1. The second-order valence-corrected chi connectivity index (χ2v) is 6.03. The summed E-state index contributed by atoms with van der Waals surface area (Å²) in [5, 5.41) is 12.5. The molecule has 124 valence electrons. The number of hydrogen-bond acceptors (Lipinski definition) is 5. The fourth-order valence-corrected chi connectivity index (χ4v) is 3.11. The van der Waals surface area contributed by atoms with E-state index in [0.717, 1.165) is 43.0 Å². The Hall–Kier alpha value is -2.70. The van der Waals surface area contributed by atoms with Gasteiger partial charge < -0.3 is 9.64 Å². The van der Waals surface area contributed by atoms with Gasteiger partial charge in [-0.2, -0.15) is 9.61 Å². The molecule has 0 atom stereocenters. The number of aromatic nitrogens is 4. The third kappa shape index (κ3) is 2.89. The summed E-state index contributed by atoms with van der Waals surface area (Å²) in [5.74, 6) is 0.319. The van der Waals surface area contributed by atoms with Crippen LogP contribution in [0.2, 0.25) is 0 Å². The molecule has 0 amide bonds. The minimum atomic E-state index is -0.272. The number of aryl methyl sites for hydroxylation is 1. The number of ether oxygens (including phenoxy) is 1. The number of fused-ring (bicyclic) bond motifs is 1. The lowest BCUT2D eigenvalue weighted by Gasteiger charge is -2.33. The molecule has 0 saturated carbocycles. The Morgan fingerprint density at radius 2 is 2.04 bits per heavy atom. The number of benzene rings is 1. The zero-order valence-electron chi connectivity index (χ0n) is 13.4. The summed E-state index contributed by atoms with van der Waals surface area (Å²) < 4.78 is 20.9. The Kier molecular flexibility index (Phi) is 3.76. The van der Waals surface area contributed by atoms with Gasteiger partial charge in [0.2, 0.25) is 5.65 Å². The molecule has 1 aliphatic heterocycles. The summed E-state index contributed by atoms with van der Waals surface area (Å²) in [4.78, 5) is 2.28. The smallest absolute Gasteiger partial charge is 0.200 e. The normalized spacial score (nSPS) is 15.8. The predicted octanol–water partition coefficient (Wildman–Crippen LogP) is 2.62. The molecule has 0 radical (unpaired) electrons. The molecule has 24 heavy (non-hydrogen) atoms. The fourth-order valence-electron chi connectivity index (χ4n) is 3.11. The summed E-state index contributed by atoms with van der Waals surface area (Å²) in [5.41, 5.74) is 2.74. The molecule has 0 unspecified atom stereocenters. The summed E-state index contributed by atoms with van der Waals surface area (Å²) in [6.07, 6.45) is 3.46. The number of anilines is 1. The first kappa shape index (κ1) is 14.9. The first-order valence-electron chi connectivity index (χ1n) is 8.04. The van der Waals surface area contributed by atoms with Crippen molar-refractivity contribution in [2.24, 2.45) is 0 Å². The third-order valence-electron chi connectivity index (χ3n) is 4.25. The molecule has 0 spiro atoms. The molecule has 1 fully saturated rings. The van der Waals surface area contributed by atoms with E-state index < -0.39 is 0 Å². The highest BCUT2D eigenvalue weighted by atomic mass is 19.1. The van der Waals surface area contributed by atoms with Crippen LogP contribution in [0.3, 0.4) is 0 Å². The summed E-state index contributed by atoms with van der Waals surface area (Å²) in [6, 6.07) is 8.35. The van der Waals surface area contributed by atoms with Crippen LogP contribution in [-0.2, 0) is 0 Å². The maximum atomic E-state index is 13.3. The summed E-state index contributed by atoms with van der Waals surface area (Å²) in [7, 11) is 0. The Morgan fingerprint density at radius 1 is 1.21 bits per heavy atom. The van der Waals surface area contributed by atoms with Crippen LogP contribution in [0, 0.1) is 12.7 Å². The predicted molar refractivity (Wildman–Crippen MR) is 87.8 cm³/mol. The van der Waals surface area contributed by atoms with Crippen molar-refractivity contribution in [3.8, 4) is 5.75 Å². The van der Waals surface area contributed by atoms with Gasteiger partial charge in [0.15, 0.2) is 0 Å². The average molecular weight is 327 g/mol. The lowest BCUT2D eigenvalue weighted by Crippen LogP contribution is -2.38. The van der Waals surface area contributed by atoms with Crippen LogP contribution < -0.4 is 9.64 Å². The van der Waals surface area contributed by atoms with E-state index in [1.54, 1.807) is 23.0 Å². The Bertz CT molecular complexity index is 857.